The Balaban J connectivity index is 2.13. The highest BCUT2D eigenvalue weighted by atomic mass is 16.2. The predicted octanol–water partition coefficient (Wildman–Crippen LogP) is -0.144. The van der Waals surface area contributed by atoms with Crippen molar-refractivity contribution in [3.8, 4) is 0 Å². The number of hydrogen-bond acceptors (Lipinski definition) is 4. The second-order valence-electron chi connectivity index (χ2n) is 4.81. The molecule has 2 rings (SSSR count). The first kappa shape index (κ1) is 13.5. The Morgan fingerprint density at radius 2 is 1.79 bits per heavy atom. The number of nitrogens with one attached hydrogen (secondary N) is 1. The molecular weight excluding hydrogens is 250 g/mol. The zero-order chi connectivity index (χ0) is 14.0. The van der Waals surface area contributed by atoms with E-state index in [1.54, 1.807) is 0 Å². The minimum absolute atomic E-state index is 0.201. The Labute approximate surface area is 110 Å². The van der Waals surface area contributed by atoms with E-state index in [1.807, 2.05) is 0 Å². The van der Waals surface area contributed by atoms with Crippen LogP contribution in [0.1, 0.15) is 32.1 Å². The highest BCUT2D eigenvalue weighted by Gasteiger charge is 2.48. The van der Waals surface area contributed by atoms with E-state index >= 15 is 0 Å². The van der Waals surface area contributed by atoms with Crippen molar-refractivity contribution in [1.82, 2.24) is 15.1 Å². The first-order valence-electron chi connectivity index (χ1n) is 6.46. The van der Waals surface area contributed by atoms with Gasteiger partial charge in [-0.2, -0.15) is 0 Å². The van der Waals surface area contributed by atoms with Crippen molar-refractivity contribution in [2.24, 2.45) is 0 Å². The molecule has 0 atom stereocenters. The fraction of sp³-hybridized carbons (Fsp3) is 0.667. The first-order valence-corrected chi connectivity index (χ1v) is 6.46. The number of carbonyl (C=O) groups is 4. The van der Waals surface area contributed by atoms with Gasteiger partial charge in [-0.05, 0) is 12.8 Å². The summed E-state index contributed by atoms with van der Waals surface area (Å²) >= 11 is 0. The summed E-state index contributed by atoms with van der Waals surface area (Å²) in [6.45, 7) is -0.400. The lowest BCUT2D eigenvalue weighted by molar-refractivity contribution is -0.144. The lowest BCUT2D eigenvalue weighted by Gasteiger charge is -2.28. The van der Waals surface area contributed by atoms with Crippen LogP contribution in [0.3, 0.4) is 0 Å². The van der Waals surface area contributed by atoms with Gasteiger partial charge in [-0.15, -0.1) is 0 Å². The van der Waals surface area contributed by atoms with Gasteiger partial charge in [0.05, 0.1) is 0 Å². The topological polar surface area (TPSA) is 86.8 Å². The molecule has 0 spiro atoms. The predicted molar refractivity (Wildman–Crippen MR) is 64.9 cm³/mol. The maximum atomic E-state index is 12.1. The van der Waals surface area contributed by atoms with E-state index in [0.29, 0.717) is 0 Å². The van der Waals surface area contributed by atoms with E-state index in [-0.39, 0.29) is 6.04 Å². The molecule has 0 unspecified atom stereocenters. The Morgan fingerprint density at radius 3 is 2.37 bits per heavy atom. The molecule has 2 fully saturated rings. The van der Waals surface area contributed by atoms with Crippen LogP contribution in [0.2, 0.25) is 0 Å². The second kappa shape index (κ2) is 5.38. The van der Waals surface area contributed by atoms with Crippen molar-refractivity contribution in [3.63, 3.8) is 0 Å². The summed E-state index contributed by atoms with van der Waals surface area (Å²) in [5.74, 6) is -2.18. The molecule has 0 aromatic rings. The van der Waals surface area contributed by atoms with Crippen LogP contribution < -0.4 is 5.32 Å². The Morgan fingerprint density at radius 1 is 1.16 bits per heavy atom. The van der Waals surface area contributed by atoms with E-state index < -0.39 is 30.3 Å². The van der Waals surface area contributed by atoms with Gasteiger partial charge < -0.3 is 5.32 Å². The van der Waals surface area contributed by atoms with Crippen molar-refractivity contribution in [2.45, 2.75) is 38.1 Å². The lowest BCUT2D eigenvalue weighted by Crippen LogP contribution is -2.44. The molecule has 1 heterocycles. The Bertz CT molecular complexity index is 429. The van der Waals surface area contributed by atoms with Gasteiger partial charge in [0.2, 0.25) is 5.91 Å². The van der Waals surface area contributed by atoms with Crippen LogP contribution in [0, 0.1) is 0 Å². The normalized spacial score (nSPS) is 21.2. The number of likely N-dealkylation sites (N-methyl/N-ethyl adjacent to an activating group) is 1. The van der Waals surface area contributed by atoms with E-state index in [2.05, 4.69) is 5.32 Å². The maximum Gasteiger partial charge on any atom is 0.334 e. The average molecular weight is 267 g/mol. The van der Waals surface area contributed by atoms with Gasteiger partial charge in [-0.1, -0.05) is 19.3 Å². The largest absolute Gasteiger partial charge is 0.358 e. The van der Waals surface area contributed by atoms with Crippen molar-refractivity contribution in [2.75, 3.05) is 13.6 Å². The molecule has 19 heavy (non-hydrogen) atoms. The number of rotatable bonds is 3. The van der Waals surface area contributed by atoms with Crippen molar-refractivity contribution < 1.29 is 19.2 Å². The molecule has 7 nitrogen and oxygen atoms in total. The fourth-order valence-electron chi connectivity index (χ4n) is 2.55. The molecule has 1 aliphatic carbocycles. The molecule has 1 N–H and O–H groups in total. The van der Waals surface area contributed by atoms with Crippen LogP contribution in [-0.4, -0.2) is 53.2 Å². The van der Waals surface area contributed by atoms with Crippen LogP contribution >= 0.6 is 0 Å². The summed E-state index contributed by atoms with van der Waals surface area (Å²) in [6, 6.07) is -0.863. The van der Waals surface area contributed by atoms with E-state index in [9.17, 15) is 19.2 Å². The minimum atomic E-state index is -0.904. The van der Waals surface area contributed by atoms with Crippen molar-refractivity contribution >= 4 is 23.8 Å². The second-order valence-corrected chi connectivity index (χ2v) is 4.81. The standard InChI is InChI=1S/C12H17N3O4/c1-13-9(16)7-14-10(17)11(18)15(12(14)19)8-5-3-2-4-6-8/h8H,2-7H2,1H3,(H,13,16). The molecule has 0 bridgehead atoms. The minimum Gasteiger partial charge on any atom is -0.358 e. The van der Waals surface area contributed by atoms with Gasteiger partial charge in [-0.3, -0.25) is 19.3 Å². The summed E-state index contributed by atoms with van der Waals surface area (Å²) in [6.07, 6.45) is 4.45. The molecular formula is C12H17N3O4. The van der Waals surface area contributed by atoms with Crippen LogP contribution in [0.25, 0.3) is 0 Å². The summed E-state index contributed by atoms with van der Waals surface area (Å²) in [4.78, 5) is 48.8. The summed E-state index contributed by atoms with van der Waals surface area (Å²) in [7, 11) is 1.41. The highest BCUT2D eigenvalue weighted by molar-refractivity contribution is 6.45. The van der Waals surface area contributed by atoms with Gasteiger partial charge in [0, 0.05) is 13.1 Å². The van der Waals surface area contributed by atoms with Gasteiger partial charge >= 0.3 is 17.8 Å². The van der Waals surface area contributed by atoms with Gasteiger partial charge in [0.15, 0.2) is 0 Å². The SMILES string of the molecule is CNC(=O)CN1C(=O)C(=O)N(C2CCCCC2)C1=O. The number of hydrogen-bond donors (Lipinski definition) is 1. The molecule has 7 heteroatoms. The van der Waals surface area contributed by atoms with Gasteiger partial charge in [0.1, 0.15) is 6.54 Å². The number of carbonyl (C=O) groups excluding carboxylic acids is 4. The third-order valence-electron chi connectivity index (χ3n) is 3.60. The number of amides is 5. The van der Waals surface area contributed by atoms with E-state index in [1.165, 1.54) is 7.05 Å². The van der Waals surface area contributed by atoms with Gasteiger partial charge in [0.25, 0.3) is 0 Å². The monoisotopic (exact) mass is 267 g/mol. The number of nitrogens with zero attached hydrogens (tertiary/aromatic N) is 2. The third-order valence-corrected chi connectivity index (χ3v) is 3.60. The quantitative estimate of drug-likeness (QED) is 0.569. The fourth-order valence-corrected chi connectivity index (χ4v) is 2.55. The Kier molecular flexibility index (Phi) is 3.82. The molecule has 0 radical (unpaired) electrons. The zero-order valence-corrected chi connectivity index (χ0v) is 10.8. The molecule has 0 aromatic heterocycles. The van der Waals surface area contributed by atoms with Crippen molar-refractivity contribution in [1.29, 1.82) is 0 Å². The maximum absolute atomic E-state index is 12.1. The average Bonchev–Trinajstić information content (AvgIpc) is 2.63. The lowest BCUT2D eigenvalue weighted by atomic mass is 9.94. The van der Waals surface area contributed by atoms with E-state index in [0.717, 1.165) is 41.9 Å². The van der Waals surface area contributed by atoms with E-state index in [4.69, 9.17) is 0 Å². The van der Waals surface area contributed by atoms with Crippen LogP contribution in [0.5, 0.6) is 0 Å². The molecule has 2 aliphatic rings. The summed E-state index contributed by atoms with van der Waals surface area (Å²) in [5.41, 5.74) is 0. The molecule has 104 valence electrons. The summed E-state index contributed by atoms with van der Waals surface area (Å²) in [5, 5.41) is 2.33. The smallest absolute Gasteiger partial charge is 0.334 e. The van der Waals surface area contributed by atoms with Gasteiger partial charge in [-0.25, -0.2) is 9.69 Å². The number of urea groups is 1. The molecule has 1 aliphatic heterocycles. The number of imide groups is 2. The molecule has 1 saturated carbocycles. The molecule has 5 amide bonds. The Hall–Kier alpha value is -1.92. The van der Waals surface area contributed by atoms with Crippen LogP contribution in [0.4, 0.5) is 4.79 Å². The highest BCUT2D eigenvalue weighted by Crippen LogP contribution is 2.26. The molecule has 0 aromatic carbocycles. The first-order chi connectivity index (χ1) is 9.06. The van der Waals surface area contributed by atoms with Crippen molar-refractivity contribution in [3.05, 3.63) is 0 Å². The summed E-state index contributed by atoms with van der Waals surface area (Å²) < 4.78 is 0. The third kappa shape index (κ3) is 2.45. The van der Waals surface area contributed by atoms with Crippen LogP contribution in [0.15, 0.2) is 0 Å². The molecule has 1 saturated heterocycles. The zero-order valence-electron chi connectivity index (χ0n) is 10.8. The van der Waals surface area contributed by atoms with Crippen LogP contribution in [-0.2, 0) is 14.4 Å².